The zero-order chi connectivity index (χ0) is 40.8. The van der Waals surface area contributed by atoms with Crippen LogP contribution in [0.3, 0.4) is 0 Å². The molecule has 294 valence electrons. The number of hydrogen-bond donors (Lipinski definition) is 2. The number of carbonyl (C=O) groups is 6. The molecule has 0 bridgehead atoms. The van der Waals surface area contributed by atoms with Gasteiger partial charge in [0.05, 0.1) is 16.2 Å². The van der Waals surface area contributed by atoms with Crippen LogP contribution in [-0.2, 0) is 0 Å². The molecule has 3 aliphatic heterocycles. The second-order valence-corrected chi connectivity index (χ2v) is 14.6. The molecule has 0 radical (unpaired) electrons. The number of nitrogens with one attached hydrogen (secondary N) is 2. The predicted molar refractivity (Wildman–Crippen MR) is 216 cm³/mol. The van der Waals surface area contributed by atoms with Crippen LogP contribution in [-0.4, -0.2) is 114 Å². The second-order valence-electron chi connectivity index (χ2n) is 14.2. The molecule has 0 spiro atoms. The van der Waals surface area contributed by atoms with Crippen molar-refractivity contribution in [1.29, 1.82) is 0 Å². The lowest BCUT2D eigenvalue weighted by Crippen LogP contribution is -2.48. The fraction of sp³-hybridized carbons (Fsp3) is 0.238. The predicted octanol–water partition coefficient (Wildman–Crippen LogP) is 4.75. The molecule has 0 saturated carbocycles. The number of amides is 6. The summed E-state index contributed by atoms with van der Waals surface area (Å²) in [4.78, 5) is 99.2. The molecular weight excluding hydrogens is 766 g/mol. The number of likely N-dealkylation sites (N-methyl/N-ethyl adjacent to an activating group) is 1. The number of imide groups is 2. The van der Waals surface area contributed by atoms with E-state index >= 15 is 0 Å². The average molecular weight is 802 g/mol. The summed E-state index contributed by atoms with van der Waals surface area (Å²) in [5.74, 6) is -3.29. The van der Waals surface area contributed by atoms with Crippen molar-refractivity contribution in [2.24, 2.45) is 0 Å². The number of carbonyl (C=O) groups excluding carboxylic acids is 6. The third-order valence-electron chi connectivity index (χ3n) is 10.9. The molecule has 3 aliphatic rings. The fourth-order valence-corrected chi connectivity index (χ4v) is 8.09. The highest BCUT2D eigenvalue weighted by Crippen LogP contribution is 2.37. The first-order valence-corrected chi connectivity index (χ1v) is 19.2. The van der Waals surface area contributed by atoms with E-state index in [4.69, 9.17) is 11.6 Å². The summed E-state index contributed by atoms with van der Waals surface area (Å²) in [5.41, 5.74) is 0.877. The molecule has 0 aromatic heterocycles. The Morgan fingerprint density at radius 1 is 0.741 bits per heavy atom. The van der Waals surface area contributed by atoms with Crippen LogP contribution >= 0.6 is 11.6 Å². The summed E-state index contributed by atoms with van der Waals surface area (Å²) in [6.07, 6.45) is 0. The number of nitro benzene ring substituents is 1. The average Bonchev–Trinajstić information content (AvgIpc) is 3.23. The van der Waals surface area contributed by atoms with Gasteiger partial charge in [0.15, 0.2) is 0 Å². The number of halogens is 1. The first-order chi connectivity index (χ1) is 28.0. The molecule has 5 aromatic carbocycles. The van der Waals surface area contributed by atoms with Gasteiger partial charge < -0.3 is 20.4 Å². The summed E-state index contributed by atoms with van der Waals surface area (Å²) in [7, 11) is 0. The Morgan fingerprint density at radius 2 is 1.41 bits per heavy atom. The zero-order valence-electron chi connectivity index (χ0n) is 31.2. The molecule has 1 saturated heterocycles. The minimum Gasteiger partial charge on any atom is -0.351 e. The highest BCUT2D eigenvalue weighted by atomic mass is 35.5. The summed E-state index contributed by atoms with van der Waals surface area (Å²) in [5, 5.41) is 19.6. The van der Waals surface area contributed by atoms with Gasteiger partial charge in [-0.15, -0.1) is 0 Å². The summed E-state index contributed by atoms with van der Waals surface area (Å²) >= 11 is 6.42. The highest BCUT2D eigenvalue weighted by Gasteiger charge is 2.36. The molecule has 1 fully saturated rings. The molecule has 0 unspecified atom stereocenters. The number of benzene rings is 5. The van der Waals surface area contributed by atoms with Crippen molar-refractivity contribution in [3.63, 3.8) is 0 Å². The van der Waals surface area contributed by atoms with Crippen LogP contribution in [0.4, 0.5) is 11.4 Å². The molecule has 5 aromatic rings. The van der Waals surface area contributed by atoms with Crippen LogP contribution in [0.5, 0.6) is 0 Å². The van der Waals surface area contributed by atoms with Crippen molar-refractivity contribution in [1.82, 2.24) is 25.3 Å². The van der Waals surface area contributed by atoms with Gasteiger partial charge in [0, 0.05) is 113 Å². The molecular formula is C42H36ClN7O8. The van der Waals surface area contributed by atoms with Gasteiger partial charge >= 0.3 is 0 Å². The normalized spacial score (nSPS) is 15.4. The Hall–Kier alpha value is -6.55. The summed E-state index contributed by atoms with van der Waals surface area (Å²) in [6, 6.07) is 19.8. The molecule has 3 heterocycles. The van der Waals surface area contributed by atoms with Gasteiger partial charge in [0.1, 0.15) is 0 Å². The monoisotopic (exact) mass is 801 g/mol. The molecule has 0 aliphatic carbocycles. The van der Waals surface area contributed by atoms with E-state index in [1.807, 2.05) is 6.92 Å². The third-order valence-corrected chi connectivity index (χ3v) is 11.2. The van der Waals surface area contributed by atoms with Gasteiger partial charge in [-0.1, -0.05) is 42.8 Å². The van der Waals surface area contributed by atoms with Crippen molar-refractivity contribution in [2.45, 2.75) is 6.92 Å². The van der Waals surface area contributed by atoms with E-state index in [9.17, 15) is 38.9 Å². The van der Waals surface area contributed by atoms with Crippen molar-refractivity contribution < 1.29 is 33.7 Å². The Balaban J connectivity index is 0.977. The summed E-state index contributed by atoms with van der Waals surface area (Å²) < 4.78 is 0. The van der Waals surface area contributed by atoms with E-state index in [2.05, 4.69) is 15.5 Å². The molecule has 2 N–H and O–H groups in total. The lowest BCUT2D eigenvalue weighted by Gasteiger charge is -2.34. The van der Waals surface area contributed by atoms with E-state index in [1.54, 1.807) is 53.4 Å². The quantitative estimate of drug-likeness (QED) is 0.0819. The number of piperazine rings is 1. The van der Waals surface area contributed by atoms with Gasteiger partial charge in [-0.2, -0.15) is 0 Å². The van der Waals surface area contributed by atoms with Gasteiger partial charge in [0.25, 0.3) is 41.1 Å². The maximum atomic E-state index is 14.0. The Morgan fingerprint density at radius 3 is 2.14 bits per heavy atom. The molecule has 58 heavy (non-hydrogen) atoms. The van der Waals surface area contributed by atoms with E-state index in [1.165, 1.54) is 30.3 Å². The Bertz CT molecular complexity index is 2600. The molecule has 15 nitrogen and oxygen atoms in total. The van der Waals surface area contributed by atoms with Crippen molar-refractivity contribution >= 4 is 80.0 Å². The zero-order valence-corrected chi connectivity index (χ0v) is 32.0. The largest absolute Gasteiger partial charge is 0.351 e. The van der Waals surface area contributed by atoms with Crippen LogP contribution in [0.2, 0.25) is 5.02 Å². The fourth-order valence-electron chi connectivity index (χ4n) is 7.87. The number of anilines is 1. The minimum absolute atomic E-state index is 0.0366. The number of rotatable bonds is 11. The van der Waals surface area contributed by atoms with Crippen molar-refractivity contribution in [3.05, 3.63) is 127 Å². The second kappa shape index (κ2) is 15.4. The lowest BCUT2D eigenvalue weighted by atomic mass is 9.93. The molecule has 8 rings (SSSR count). The van der Waals surface area contributed by atoms with E-state index in [-0.39, 0.29) is 76.8 Å². The molecule has 0 atom stereocenters. The molecule has 16 heteroatoms. The third kappa shape index (κ3) is 6.72. The first kappa shape index (κ1) is 38.3. The standard InChI is InChI=1S/C42H36ClN7O8/c1-2-46-15-17-47(18-16-46)38(52)26-19-25(21-27(22-26)49-41(55)31-8-4-6-29-34(43)10-9-32(36(29)31)42(49)56)37(51)45-12-11-44-13-14-48-39(53)30-7-3-5-24-20-28(50(57)58)23-33(35(24)30)40(48)54/h3-10,19-23,44H,2,11-18H2,1H3,(H,45,51). The van der Waals surface area contributed by atoms with E-state index in [0.717, 1.165) is 16.3 Å². The van der Waals surface area contributed by atoms with Gasteiger partial charge in [0.2, 0.25) is 0 Å². The molecule has 6 amide bonds. The summed E-state index contributed by atoms with van der Waals surface area (Å²) in [6.45, 7) is 5.64. The lowest BCUT2D eigenvalue weighted by molar-refractivity contribution is -0.384. The van der Waals surface area contributed by atoms with Gasteiger partial charge in [-0.25, -0.2) is 4.90 Å². The van der Waals surface area contributed by atoms with Crippen LogP contribution in [0.1, 0.15) is 69.1 Å². The van der Waals surface area contributed by atoms with Gasteiger partial charge in [-0.05, 0) is 54.4 Å². The van der Waals surface area contributed by atoms with Gasteiger partial charge in [-0.3, -0.25) is 43.8 Å². The number of hydrogen-bond acceptors (Lipinski definition) is 10. The van der Waals surface area contributed by atoms with E-state index in [0.29, 0.717) is 52.7 Å². The maximum absolute atomic E-state index is 14.0. The van der Waals surface area contributed by atoms with Crippen LogP contribution < -0.4 is 15.5 Å². The number of nitrogens with zero attached hydrogens (tertiary/aromatic N) is 5. The Kier molecular flexibility index (Phi) is 10.2. The van der Waals surface area contributed by atoms with Crippen molar-refractivity contribution in [3.8, 4) is 0 Å². The van der Waals surface area contributed by atoms with Crippen molar-refractivity contribution in [2.75, 3.05) is 63.8 Å². The Labute approximate surface area is 336 Å². The van der Waals surface area contributed by atoms with Crippen LogP contribution in [0, 0.1) is 10.1 Å². The maximum Gasteiger partial charge on any atom is 0.270 e. The van der Waals surface area contributed by atoms with Crippen LogP contribution in [0.25, 0.3) is 21.5 Å². The smallest absolute Gasteiger partial charge is 0.270 e. The first-order valence-electron chi connectivity index (χ1n) is 18.8. The number of non-ortho nitro benzene ring substituents is 1. The topological polar surface area (TPSA) is 183 Å². The minimum atomic E-state index is -0.639. The SMILES string of the molecule is CCN1CCN(C(=O)c2cc(C(=O)NCCNCCN3C(=O)c4cccc5cc([N+](=O)[O-])cc(c45)C3=O)cc(N3C(=O)c4cccc5c(Cl)ccc(c45)C3=O)c2)CC1. The highest BCUT2D eigenvalue weighted by molar-refractivity contribution is 6.41. The van der Waals surface area contributed by atoms with Crippen LogP contribution in [0.15, 0.2) is 78.9 Å². The number of nitro groups is 1. The van der Waals surface area contributed by atoms with E-state index < -0.39 is 34.5 Å².